The van der Waals surface area contributed by atoms with Crippen molar-refractivity contribution in [1.82, 2.24) is 0 Å². The molecular weight excluding hydrogens is 417 g/mol. The van der Waals surface area contributed by atoms with Gasteiger partial charge in [0.05, 0.1) is 17.8 Å². The number of alkyl halides is 3. The first-order valence-electron chi connectivity index (χ1n) is 10.8. The van der Waals surface area contributed by atoms with Gasteiger partial charge in [-0.2, -0.15) is 13.2 Å². The summed E-state index contributed by atoms with van der Waals surface area (Å²) in [7, 11) is 0. The number of hydrogen-bond donors (Lipinski definition) is 0. The zero-order valence-electron chi connectivity index (χ0n) is 19.0. The highest BCUT2D eigenvalue weighted by Crippen LogP contribution is 2.47. The molecule has 31 heavy (non-hydrogen) atoms. The van der Waals surface area contributed by atoms with Crippen molar-refractivity contribution in [2.45, 2.75) is 79.2 Å². The van der Waals surface area contributed by atoms with Crippen LogP contribution in [0, 0.1) is 35.0 Å². The summed E-state index contributed by atoms with van der Waals surface area (Å²) in [6.07, 6.45) is -5.64. The van der Waals surface area contributed by atoms with E-state index in [0.29, 0.717) is 12.8 Å². The van der Waals surface area contributed by atoms with Crippen molar-refractivity contribution in [2.75, 3.05) is 6.61 Å². The molecule has 1 aliphatic heterocycles. The first-order chi connectivity index (χ1) is 14.2. The van der Waals surface area contributed by atoms with Gasteiger partial charge in [0, 0.05) is 11.8 Å². The van der Waals surface area contributed by atoms with Crippen LogP contribution >= 0.6 is 0 Å². The second-order valence-corrected chi connectivity index (χ2v) is 9.87. The lowest BCUT2D eigenvalue weighted by Crippen LogP contribution is -2.42. The molecule has 6 nitrogen and oxygen atoms in total. The topological polar surface area (TPSA) is 78.9 Å². The molecule has 0 amide bonds. The highest BCUT2D eigenvalue weighted by molar-refractivity contribution is 5.78. The molecular formula is C22H33F3O6. The molecule has 178 valence electrons. The van der Waals surface area contributed by atoms with Gasteiger partial charge < -0.3 is 14.2 Å². The van der Waals surface area contributed by atoms with E-state index in [2.05, 4.69) is 4.74 Å². The van der Waals surface area contributed by atoms with Crippen molar-refractivity contribution in [3.8, 4) is 0 Å². The summed E-state index contributed by atoms with van der Waals surface area (Å²) < 4.78 is 52.7. The molecule has 0 radical (unpaired) electrons. The van der Waals surface area contributed by atoms with E-state index in [-0.39, 0.29) is 24.2 Å². The summed E-state index contributed by atoms with van der Waals surface area (Å²) in [5.41, 5.74) is -0.790. The summed E-state index contributed by atoms with van der Waals surface area (Å²) in [6.45, 7) is 9.70. The fraction of sp³-hybridized carbons (Fsp3) is 0.864. The number of halogens is 3. The van der Waals surface area contributed by atoms with E-state index in [0.717, 1.165) is 0 Å². The molecule has 9 heteroatoms. The quantitative estimate of drug-likeness (QED) is 0.405. The molecule has 0 aromatic carbocycles. The minimum absolute atomic E-state index is 0.0279. The maximum absolute atomic E-state index is 13.2. The summed E-state index contributed by atoms with van der Waals surface area (Å²) in [5, 5.41) is 0. The first kappa shape index (κ1) is 25.5. The van der Waals surface area contributed by atoms with Gasteiger partial charge in [-0.1, -0.05) is 34.6 Å². The highest BCUT2D eigenvalue weighted by atomic mass is 19.4. The van der Waals surface area contributed by atoms with Gasteiger partial charge in [0.1, 0.15) is 12.2 Å². The number of carbonyl (C=O) groups excluding carboxylic acids is 3. The molecule has 6 unspecified atom stereocenters. The van der Waals surface area contributed by atoms with Crippen LogP contribution in [0.1, 0.15) is 60.8 Å². The zero-order chi connectivity index (χ0) is 23.7. The number of fused-ring (bicyclic) bond motifs is 1. The van der Waals surface area contributed by atoms with Crippen LogP contribution in [0.2, 0.25) is 0 Å². The van der Waals surface area contributed by atoms with Crippen molar-refractivity contribution >= 4 is 17.9 Å². The molecule has 1 aliphatic carbocycles. The lowest BCUT2D eigenvalue weighted by Gasteiger charge is -2.35. The van der Waals surface area contributed by atoms with Crippen LogP contribution in [-0.2, 0) is 28.6 Å². The van der Waals surface area contributed by atoms with Gasteiger partial charge in [0.25, 0.3) is 0 Å². The lowest BCUT2D eigenvalue weighted by molar-refractivity contribution is -0.189. The SMILES string of the molecule is CC(C)CC(C)(C(=O)OC1C(CC(=O)OCC(F)(F)F)CC2C(C)C(=O)OC21)C(C)C. The van der Waals surface area contributed by atoms with E-state index < -0.39 is 60.1 Å². The Hall–Kier alpha value is -1.80. The van der Waals surface area contributed by atoms with Gasteiger partial charge in [-0.25, -0.2) is 0 Å². The number of esters is 3. The van der Waals surface area contributed by atoms with Gasteiger partial charge >= 0.3 is 24.1 Å². The summed E-state index contributed by atoms with van der Waals surface area (Å²) in [6, 6.07) is 0. The number of rotatable bonds is 8. The fourth-order valence-corrected chi connectivity index (χ4v) is 4.65. The number of carbonyl (C=O) groups is 3. The van der Waals surface area contributed by atoms with E-state index in [1.165, 1.54) is 0 Å². The minimum atomic E-state index is -4.62. The molecule has 0 bridgehead atoms. The molecule has 2 rings (SSSR count). The van der Waals surface area contributed by atoms with Crippen LogP contribution in [0.3, 0.4) is 0 Å². The van der Waals surface area contributed by atoms with Crippen molar-refractivity contribution in [3.05, 3.63) is 0 Å². The highest BCUT2D eigenvalue weighted by Gasteiger charge is 2.57. The molecule has 2 aliphatic rings. The van der Waals surface area contributed by atoms with Crippen LogP contribution < -0.4 is 0 Å². The summed E-state index contributed by atoms with van der Waals surface area (Å²) in [4.78, 5) is 37.3. The standard InChI is InChI=1S/C22H33F3O6/c1-11(2)9-21(6,12(3)4)20(28)31-17-14(8-16(26)29-10-22(23,24)25)7-15-13(5)19(27)30-18(15)17/h11-15,17-18H,7-10H2,1-6H3. The Morgan fingerprint density at radius 3 is 2.32 bits per heavy atom. The predicted molar refractivity (Wildman–Crippen MR) is 105 cm³/mol. The van der Waals surface area contributed by atoms with Gasteiger partial charge in [0.2, 0.25) is 0 Å². The van der Waals surface area contributed by atoms with Crippen molar-refractivity contribution in [2.24, 2.45) is 35.0 Å². The zero-order valence-corrected chi connectivity index (χ0v) is 19.0. The Bertz CT molecular complexity index is 689. The normalized spacial score (nSPS) is 30.2. The van der Waals surface area contributed by atoms with E-state index in [1.807, 2.05) is 34.6 Å². The van der Waals surface area contributed by atoms with Crippen LogP contribution in [0.25, 0.3) is 0 Å². The monoisotopic (exact) mass is 450 g/mol. The van der Waals surface area contributed by atoms with Crippen LogP contribution in [0.5, 0.6) is 0 Å². The number of ether oxygens (including phenoxy) is 3. The van der Waals surface area contributed by atoms with E-state index in [9.17, 15) is 27.6 Å². The lowest BCUT2D eigenvalue weighted by atomic mass is 9.73. The Morgan fingerprint density at radius 1 is 1.19 bits per heavy atom. The van der Waals surface area contributed by atoms with Crippen LogP contribution in [-0.4, -0.2) is 42.9 Å². The Balaban J connectivity index is 2.19. The van der Waals surface area contributed by atoms with E-state index in [1.54, 1.807) is 6.92 Å². The van der Waals surface area contributed by atoms with Crippen molar-refractivity contribution in [3.63, 3.8) is 0 Å². The Kier molecular flexibility index (Phi) is 7.69. The second kappa shape index (κ2) is 9.36. The van der Waals surface area contributed by atoms with Crippen molar-refractivity contribution in [1.29, 1.82) is 0 Å². The van der Waals surface area contributed by atoms with Gasteiger partial charge in [-0.3, -0.25) is 14.4 Å². The number of hydrogen-bond acceptors (Lipinski definition) is 6. The molecule has 1 saturated heterocycles. The third kappa shape index (κ3) is 5.92. The largest absolute Gasteiger partial charge is 0.458 e. The van der Waals surface area contributed by atoms with Gasteiger partial charge in [-0.05, 0) is 31.6 Å². The molecule has 0 N–H and O–H groups in total. The molecule has 2 fully saturated rings. The maximum Gasteiger partial charge on any atom is 0.422 e. The third-order valence-electron chi connectivity index (χ3n) is 6.69. The predicted octanol–water partition coefficient (Wildman–Crippen LogP) is 4.30. The van der Waals surface area contributed by atoms with Crippen LogP contribution in [0.15, 0.2) is 0 Å². The molecule has 0 spiro atoms. The van der Waals surface area contributed by atoms with Gasteiger partial charge in [-0.15, -0.1) is 0 Å². The molecule has 1 saturated carbocycles. The third-order valence-corrected chi connectivity index (χ3v) is 6.69. The van der Waals surface area contributed by atoms with Crippen LogP contribution in [0.4, 0.5) is 13.2 Å². The average Bonchev–Trinajstić information content (AvgIpc) is 3.08. The molecule has 1 heterocycles. The second-order valence-electron chi connectivity index (χ2n) is 9.87. The Morgan fingerprint density at radius 2 is 1.81 bits per heavy atom. The smallest absolute Gasteiger partial charge is 0.422 e. The van der Waals surface area contributed by atoms with Gasteiger partial charge in [0.15, 0.2) is 6.61 Å². The van der Waals surface area contributed by atoms with E-state index in [4.69, 9.17) is 9.47 Å². The molecule has 6 atom stereocenters. The Labute approximate surface area is 181 Å². The minimum Gasteiger partial charge on any atom is -0.458 e. The van der Waals surface area contributed by atoms with Crippen molar-refractivity contribution < 1.29 is 41.8 Å². The summed E-state index contributed by atoms with van der Waals surface area (Å²) in [5.74, 6) is -2.94. The first-order valence-corrected chi connectivity index (χ1v) is 10.8. The average molecular weight is 450 g/mol. The molecule has 0 aromatic heterocycles. The summed E-state index contributed by atoms with van der Waals surface area (Å²) >= 11 is 0. The molecule has 0 aromatic rings. The van der Waals surface area contributed by atoms with E-state index >= 15 is 0 Å². The maximum atomic E-state index is 13.2. The fourth-order valence-electron chi connectivity index (χ4n) is 4.65.